The van der Waals surface area contributed by atoms with Crippen molar-refractivity contribution in [2.75, 3.05) is 0 Å². The highest BCUT2D eigenvalue weighted by Gasteiger charge is 2.42. The molecule has 0 spiro atoms. The van der Waals surface area contributed by atoms with Crippen LogP contribution in [-0.4, -0.2) is 40.0 Å². The summed E-state index contributed by atoms with van der Waals surface area (Å²) in [6.45, 7) is 1.38. The van der Waals surface area contributed by atoms with Gasteiger partial charge >= 0.3 is 6.03 Å². The number of hydroxylamine groups is 1. The van der Waals surface area contributed by atoms with E-state index in [0.717, 1.165) is 10.5 Å². The number of rotatable bonds is 5. The van der Waals surface area contributed by atoms with Crippen LogP contribution in [0, 0.1) is 0 Å². The van der Waals surface area contributed by atoms with Gasteiger partial charge in [0.05, 0.1) is 0 Å². The SMILES string of the molecule is CC(C(=O)NO)N1C(=O)NC(CCc2ccccc2)C1=O. The summed E-state index contributed by atoms with van der Waals surface area (Å²) in [4.78, 5) is 36.2. The normalized spacial score (nSPS) is 19.3. The molecule has 2 atom stereocenters. The maximum atomic E-state index is 12.2. The molecule has 2 unspecified atom stereocenters. The highest BCUT2D eigenvalue weighted by Crippen LogP contribution is 2.15. The Morgan fingerprint density at radius 1 is 1.38 bits per heavy atom. The van der Waals surface area contributed by atoms with Crippen LogP contribution in [0.2, 0.25) is 0 Å². The largest absolute Gasteiger partial charge is 0.326 e. The average molecular weight is 291 g/mol. The second-order valence-corrected chi connectivity index (χ2v) is 4.89. The fraction of sp³-hybridized carbons (Fsp3) is 0.357. The van der Waals surface area contributed by atoms with Gasteiger partial charge in [-0.3, -0.25) is 19.7 Å². The summed E-state index contributed by atoms with van der Waals surface area (Å²) in [6, 6.07) is 7.30. The molecule has 0 saturated carbocycles. The van der Waals surface area contributed by atoms with E-state index in [1.54, 1.807) is 0 Å². The average Bonchev–Trinajstić information content (AvgIpc) is 2.79. The minimum absolute atomic E-state index is 0.452. The predicted molar refractivity (Wildman–Crippen MR) is 73.3 cm³/mol. The minimum atomic E-state index is -1.05. The molecule has 1 aromatic rings. The first kappa shape index (κ1) is 15.0. The lowest BCUT2D eigenvalue weighted by Crippen LogP contribution is -2.47. The van der Waals surface area contributed by atoms with Gasteiger partial charge in [0.1, 0.15) is 12.1 Å². The number of carbonyl (C=O) groups excluding carboxylic acids is 3. The van der Waals surface area contributed by atoms with Crippen LogP contribution in [0.15, 0.2) is 30.3 Å². The van der Waals surface area contributed by atoms with Crippen molar-refractivity contribution in [1.29, 1.82) is 0 Å². The summed E-state index contributed by atoms with van der Waals surface area (Å²) >= 11 is 0. The molecule has 7 nitrogen and oxygen atoms in total. The first-order chi connectivity index (χ1) is 10.0. The standard InChI is InChI=1S/C14H17N3O4/c1-9(12(18)16-21)17-13(19)11(15-14(17)20)8-7-10-5-3-2-4-6-10/h2-6,9,11,21H,7-8H2,1H3,(H,15,20)(H,16,18). The molecule has 0 aliphatic carbocycles. The lowest BCUT2D eigenvalue weighted by atomic mass is 10.1. The van der Waals surface area contributed by atoms with Gasteiger partial charge in [-0.05, 0) is 25.3 Å². The summed E-state index contributed by atoms with van der Waals surface area (Å²) in [7, 11) is 0. The van der Waals surface area contributed by atoms with Gasteiger partial charge in [-0.15, -0.1) is 0 Å². The van der Waals surface area contributed by atoms with Crippen molar-refractivity contribution in [3.05, 3.63) is 35.9 Å². The third-order valence-electron chi connectivity index (χ3n) is 3.49. The molecule has 3 N–H and O–H groups in total. The Morgan fingerprint density at radius 3 is 2.67 bits per heavy atom. The maximum absolute atomic E-state index is 12.2. The van der Waals surface area contributed by atoms with E-state index in [1.807, 2.05) is 30.3 Å². The van der Waals surface area contributed by atoms with E-state index >= 15 is 0 Å². The fourth-order valence-corrected chi connectivity index (χ4v) is 2.28. The zero-order valence-electron chi connectivity index (χ0n) is 11.6. The molecule has 1 aliphatic heterocycles. The highest BCUT2D eigenvalue weighted by molar-refractivity contribution is 6.07. The predicted octanol–water partition coefficient (Wildman–Crippen LogP) is 0.433. The van der Waals surface area contributed by atoms with Crippen molar-refractivity contribution in [3.8, 4) is 0 Å². The number of amides is 4. The third-order valence-corrected chi connectivity index (χ3v) is 3.49. The molecule has 1 aliphatic rings. The summed E-state index contributed by atoms with van der Waals surface area (Å²) in [5.74, 6) is -1.26. The molecule has 0 bridgehead atoms. The summed E-state index contributed by atoms with van der Waals surface area (Å²) in [5.41, 5.74) is 2.51. The van der Waals surface area contributed by atoms with Gasteiger partial charge in [0.25, 0.3) is 11.8 Å². The van der Waals surface area contributed by atoms with Crippen LogP contribution in [0.3, 0.4) is 0 Å². The van der Waals surface area contributed by atoms with Gasteiger partial charge in [0.15, 0.2) is 0 Å². The van der Waals surface area contributed by atoms with Crippen molar-refractivity contribution in [2.24, 2.45) is 0 Å². The number of aryl methyl sites for hydroxylation is 1. The zero-order valence-corrected chi connectivity index (χ0v) is 11.6. The Morgan fingerprint density at radius 2 is 2.05 bits per heavy atom. The van der Waals surface area contributed by atoms with Crippen molar-refractivity contribution < 1.29 is 19.6 Å². The third kappa shape index (κ3) is 3.19. The summed E-state index contributed by atoms with van der Waals surface area (Å²) in [6.07, 6.45) is 1.10. The molecule has 0 aromatic heterocycles. The molecule has 1 aromatic carbocycles. The van der Waals surface area contributed by atoms with Gasteiger partial charge in [0.2, 0.25) is 0 Å². The lowest BCUT2D eigenvalue weighted by Gasteiger charge is -2.19. The number of urea groups is 1. The molecule has 0 radical (unpaired) electrons. The quantitative estimate of drug-likeness (QED) is 0.416. The number of nitrogens with one attached hydrogen (secondary N) is 2. The molecular formula is C14H17N3O4. The van der Waals surface area contributed by atoms with Gasteiger partial charge < -0.3 is 5.32 Å². The van der Waals surface area contributed by atoms with E-state index in [-0.39, 0.29) is 0 Å². The van der Waals surface area contributed by atoms with Crippen LogP contribution < -0.4 is 10.8 Å². The molecule has 2 rings (SSSR count). The van der Waals surface area contributed by atoms with Crippen molar-refractivity contribution in [2.45, 2.75) is 31.8 Å². The summed E-state index contributed by atoms with van der Waals surface area (Å²) in [5, 5.41) is 11.1. The van der Waals surface area contributed by atoms with Crippen molar-refractivity contribution in [3.63, 3.8) is 0 Å². The Bertz CT molecular complexity index is 546. The van der Waals surface area contributed by atoms with Crippen LogP contribution in [0.4, 0.5) is 4.79 Å². The molecular weight excluding hydrogens is 274 g/mol. The molecule has 1 heterocycles. The molecule has 4 amide bonds. The number of hydrogen-bond donors (Lipinski definition) is 3. The number of imide groups is 1. The maximum Gasteiger partial charge on any atom is 0.325 e. The smallest absolute Gasteiger partial charge is 0.325 e. The first-order valence-electron chi connectivity index (χ1n) is 6.66. The van der Waals surface area contributed by atoms with Gasteiger partial charge in [-0.25, -0.2) is 10.3 Å². The van der Waals surface area contributed by atoms with E-state index in [9.17, 15) is 14.4 Å². The Balaban J connectivity index is 1.99. The number of nitrogens with zero attached hydrogens (tertiary/aromatic N) is 1. The second-order valence-electron chi connectivity index (χ2n) is 4.89. The van der Waals surface area contributed by atoms with Crippen molar-refractivity contribution in [1.82, 2.24) is 15.7 Å². The van der Waals surface area contributed by atoms with Crippen LogP contribution in [0.25, 0.3) is 0 Å². The topological polar surface area (TPSA) is 98.7 Å². The van der Waals surface area contributed by atoms with Crippen LogP contribution in [-0.2, 0) is 16.0 Å². The van der Waals surface area contributed by atoms with Gasteiger partial charge in [0, 0.05) is 0 Å². The van der Waals surface area contributed by atoms with E-state index in [4.69, 9.17) is 5.21 Å². The molecule has 1 saturated heterocycles. The Hall–Kier alpha value is -2.41. The minimum Gasteiger partial charge on any atom is -0.326 e. The van der Waals surface area contributed by atoms with Crippen molar-refractivity contribution >= 4 is 17.8 Å². The van der Waals surface area contributed by atoms with E-state index in [1.165, 1.54) is 12.4 Å². The highest BCUT2D eigenvalue weighted by atomic mass is 16.5. The number of carbonyl (C=O) groups is 3. The lowest BCUT2D eigenvalue weighted by molar-refractivity contribution is -0.139. The molecule has 7 heteroatoms. The van der Waals surface area contributed by atoms with Gasteiger partial charge in [-0.1, -0.05) is 30.3 Å². The van der Waals surface area contributed by atoms with Gasteiger partial charge in [-0.2, -0.15) is 0 Å². The monoisotopic (exact) mass is 291 g/mol. The van der Waals surface area contributed by atoms with E-state index in [0.29, 0.717) is 12.8 Å². The summed E-state index contributed by atoms with van der Waals surface area (Å²) < 4.78 is 0. The van der Waals surface area contributed by atoms with E-state index < -0.39 is 29.9 Å². The van der Waals surface area contributed by atoms with Crippen LogP contribution in [0.5, 0.6) is 0 Å². The zero-order chi connectivity index (χ0) is 15.4. The number of benzene rings is 1. The molecule has 112 valence electrons. The van der Waals surface area contributed by atoms with Crippen LogP contribution in [0.1, 0.15) is 18.9 Å². The molecule has 21 heavy (non-hydrogen) atoms. The number of hydrogen-bond acceptors (Lipinski definition) is 4. The fourth-order valence-electron chi connectivity index (χ4n) is 2.28. The Labute approximate surface area is 121 Å². The first-order valence-corrected chi connectivity index (χ1v) is 6.66. The van der Waals surface area contributed by atoms with E-state index in [2.05, 4.69) is 5.32 Å². The molecule has 1 fully saturated rings. The Kier molecular flexibility index (Phi) is 4.54. The second kappa shape index (κ2) is 6.36. The van der Waals surface area contributed by atoms with Crippen LogP contribution >= 0.6 is 0 Å².